The first-order valence-corrected chi connectivity index (χ1v) is 11.2. The largest absolute Gasteiger partial charge is 0.507 e. The third-order valence-electron chi connectivity index (χ3n) is 5.97. The van der Waals surface area contributed by atoms with Crippen LogP contribution < -0.4 is 14.9 Å². The molecular formula is C28H30O6. The number of rotatable bonds is 5. The molecule has 0 fully saturated rings. The lowest BCUT2D eigenvalue weighted by Crippen LogP contribution is -2.27. The summed E-state index contributed by atoms with van der Waals surface area (Å²) >= 11 is 0. The van der Waals surface area contributed by atoms with E-state index in [0.29, 0.717) is 23.3 Å². The summed E-state index contributed by atoms with van der Waals surface area (Å²) < 4.78 is 17.6. The van der Waals surface area contributed by atoms with Crippen LogP contribution in [-0.4, -0.2) is 22.9 Å². The van der Waals surface area contributed by atoms with E-state index in [9.17, 15) is 15.0 Å². The van der Waals surface area contributed by atoms with Crippen molar-refractivity contribution >= 4 is 28.0 Å². The fraction of sp³-hybridized carbons (Fsp3) is 0.321. The minimum absolute atomic E-state index is 0.0680. The number of phenolic OH excluding ortho intramolecular Hbond substituents is 2. The van der Waals surface area contributed by atoms with Crippen molar-refractivity contribution in [2.45, 2.75) is 53.1 Å². The normalized spacial score (nSPS) is 14.7. The van der Waals surface area contributed by atoms with Crippen molar-refractivity contribution in [2.75, 3.05) is 7.11 Å². The Bertz CT molecular complexity index is 1450. The van der Waals surface area contributed by atoms with E-state index in [1.807, 2.05) is 52.8 Å². The first kappa shape index (κ1) is 23.5. The number of aromatic hydroxyl groups is 2. The molecule has 1 aliphatic heterocycles. The average molecular weight is 463 g/mol. The van der Waals surface area contributed by atoms with E-state index < -0.39 is 11.0 Å². The molecule has 0 amide bonds. The van der Waals surface area contributed by atoms with Crippen LogP contribution in [0.3, 0.4) is 0 Å². The summed E-state index contributed by atoms with van der Waals surface area (Å²) in [5.41, 5.74) is 2.90. The molecule has 0 atom stereocenters. The molecule has 6 nitrogen and oxygen atoms in total. The minimum Gasteiger partial charge on any atom is -0.507 e. The van der Waals surface area contributed by atoms with E-state index in [2.05, 4.69) is 6.08 Å². The summed E-state index contributed by atoms with van der Waals surface area (Å²) in [4.78, 5) is 13.7. The van der Waals surface area contributed by atoms with Gasteiger partial charge in [-0.05, 0) is 59.6 Å². The Balaban J connectivity index is 2.00. The first-order valence-electron chi connectivity index (χ1n) is 11.2. The molecular weight excluding hydrogens is 432 g/mol. The van der Waals surface area contributed by atoms with E-state index in [0.717, 1.165) is 12.0 Å². The average Bonchev–Trinajstić information content (AvgIpc) is 2.74. The Labute approximate surface area is 198 Å². The van der Waals surface area contributed by atoms with Crippen molar-refractivity contribution in [2.24, 2.45) is 0 Å². The number of hydrogen-bond acceptors (Lipinski definition) is 6. The van der Waals surface area contributed by atoms with Gasteiger partial charge in [-0.3, -0.25) is 4.79 Å². The molecule has 0 unspecified atom stereocenters. The van der Waals surface area contributed by atoms with Gasteiger partial charge in [0.15, 0.2) is 17.1 Å². The topological polar surface area (TPSA) is 89.1 Å². The second-order valence-corrected chi connectivity index (χ2v) is 9.50. The Hall–Kier alpha value is -3.67. The lowest BCUT2D eigenvalue weighted by Gasteiger charge is -2.28. The lowest BCUT2D eigenvalue weighted by molar-refractivity contribution is 0.158. The maximum Gasteiger partial charge on any atom is 0.204 e. The summed E-state index contributed by atoms with van der Waals surface area (Å²) in [6, 6.07) is 2.83. The number of ether oxygens (including phenoxy) is 2. The number of hydrogen-bond donors (Lipinski definition) is 2. The second kappa shape index (κ2) is 8.60. The SMILES string of the molecule is COc1c(O)cc2oc3c4c(cc(O)c3c(=O)c2c1C/C=C(\C)CC=C(C)C)OC(C)(C)C=C4. The molecule has 0 spiro atoms. The maximum absolute atomic E-state index is 13.7. The molecule has 0 saturated heterocycles. The van der Waals surface area contributed by atoms with Gasteiger partial charge in [0.2, 0.25) is 5.43 Å². The predicted octanol–water partition coefficient (Wildman–Crippen LogP) is 6.40. The lowest BCUT2D eigenvalue weighted by atomic mass is 9.97. The first-order chi connectivity index (χ1) is 16.0. The zero-order chi connectivity index (χ0) is 24.8. The summed E-state index contributed by atoms with van der Waals surface area (Å²) in [5.74, 6) is 0.303. The zero-order valence-electron chi connectivity index (χ0n) is 20.4. The van der Waals surface area contributed by atoms with Crippen LogP contribution in [0.2, 0.25) is 0 Å². The maximum atomic E-state index is 13.7. The van der Waals surface area contributed by atoms with Gasteiger partial charge in [0.25, 0.3) is 0 Å². The summed E-state index contributed by atoms with van der Waals surface area (Å²) in [7, 11) is 1.45. The van der Waals surface area contributed by atoms with Crippen LogP contribution in [0, 0.1) is 0 Å². The van der Waals surface area contributed by atoms with Crippen LogP contribution in [0.15, 0.2) is 50.7 Å². The van der Waals surface area contributed by atoms with Crippen LogP contribution in [0.1, 0.15) is 52.2 Å². The Morgan fingerprint density at radius 1 is 1.09 bits per heavy atom. The van der Waals surface area contributed by atoms with E-state index in [4.69, 9.17) is 13.9 Å². The smallest absolute Gasteiger partial charge is 0.204 e. The molecule has 0 bridgehead atoms. The fourth-order valence-corrected chi connectivity index (χ4v) is 4.20. The summed E-state index contributed by atoms with van der Waals surface area (Å²) in [5, 5.41) is 21.8. The van der Waals surface area contributed by atoms with Gasteiger partial charge in [-0.25, -0.2) is 0 Å². The molecule has 2 aromatic carbocycles. The highest BCUT2D eigenvalue weighted by molar-refractivity contribution is 6.00. The van der Waals surface area contributed by atoms with E-state index in [1.54, 1.807) is 0 Å². The molecule has 0 radical (unpaired) electrons. The van der Waals surface area contributed by atoms with E-state index >= 15 is 0 Å². The number of allylic oxidation sites excluding steroid dienone is 4. The van der Waals surface area contributed by atoms with Crippen molar-refractivity contribution in [3.8, 4) is 23.0 Å². The fourth-order valence-electron chi connectivity index (χ4n) is 4.20. The van der Waals surface area contributed by atoms with E-state index in [-0.39, 0.29) is 39.2 Å². The number of methoxy groups -OCH3 is 1. The van der Waals surface area contributed by atoms with E-state index in [1.165, 1.54) is 24.8 Å². The van der Waals surface area contributed by atoms with Gasteiger partial charge in [-0.2, -0.15) is 0 Å². The highest BCUT2D eigenvalue weighted by atomic mass is 16.5. The Kier molecular flexibility index (Phi) is 5.94. The molecule has 0 aliphatic carbocycles. The van der Waals surface area contributed by atoms with Gasteiger partial charge in [0.05, 0.1) is 18.1 Å². The van der Waals surface area contributed by atoms with Crippen molar-refractivity contribution in [1.29, 1.82) is 0 Å². The molecule has 1 aliphatic rings. The number of fused-ring (bicyclic) bond motifs is 4. The molecule has 3 aromatic rings. The molecule has 6 heteroatoms. The molecule has 34 heavy (non-hydrogen) atoms. The van der Waals surface area contributed by atoms with Crippen LogP contribution in [0.5, 0.6) is 23.0 Å². The summed E-state index contributed by atoms with van der Waals surface area (Å²) in [6.07, 6.45) is 8.97. The van der Waals surface area contributed by atoms with Crippen molar-refractivity contribution in [3.05, 3.63) is 62.9 Å². The zero-order valence-corrected chi connectivity index (χ0v) is 20.4. The highest BCUT2D eigenvalue weighted by Gasteiger charge is 2.28. The van der Waals surface area contributed by atoms with Crippen LogP contribution in [-0.2, 0) is 6.42 Å². The van der Waals surface area contributed by atoms with Gasteiger partial charge >= 0.3 is 0 Å². The van der Waals surface area contributed by atoms with Gasteiger partial charge in [0, 0.05) is 17.7 Å². The monoisotopic (exact) mass is 462 g/mol. The predicted molar refractivity (Wildman–Crippen MR) is 135 cm³/mol. The van der Waals surface area contributed by atoms with Crippen LogP contribution >= 0.6 is 0 Å². The quantitative estimate of drug-likeness (QED) is 0.337. The van der Waals surface area contributed by atoms with Gasteiger partial charge < -0.3 is 24.1 Å². The van der Waals surface area contributed by atoms with Gasteiger partial charge in [-0.1, -0.05) is 23.3 Å². The molecule has 4 rings (SSSR count). The third kappa shape index (κ3) is 4.16. The highest BCUT2D eigenvalue weighted by Crippen LogP contribution is 2.43. The number of phenols is 2. The molecule has 1 aromatic heterocycles. The van der Waals surface area contributed by atoms with Gasteiger partial charge in [-0.15, -0.1) is 0 Å². The Morgan fingerprint density at radius 3 is 2.50 bits per heavy atom. The van der Waals surface area contributed by atoms with Crippen molar-refractivity contribution < 1.29 is 24.1 Å². The standard InChI is InChI=1S/C28H30O6/c1-15(2)7-8-16(3)9-10-18-23-22(14-20(30)26(18)32-6)33-27-17-11-12-28(4,5)34-21(17)13-19(29)24(27)25(23)31/h7,9,11-14,29-30H,8,10H2,1-6H3/b16-9+. The third-order valence-corrected chi connectivity index (χ3v) is 5.97. The molecule has 2 heterocycles. The number of benzene rings is 2. The molecule has 2 N–H and O–H groups in total. The molecule has 178 valence electrons. The van der Waals surface area contributed by atoms with Gasteiger partial charge in [0.1, 0.15) is 28.1 Å². The van der Waals surface area contributed by atoms with Crippen LogP contribution in [0.4, 0.5) is 0 Å². The summed E-state index contributed by atoms with van der Waals surface area (Å²) in [6.45, 7) is 9.90. The van der Waals surface area contributed by atoms with Crippen molar-refractivity contribution in [3.63, 3.8) is 0 Å². The minimum atomic E-state index is -0.557. The second-order valence-electron chi connectivity index (χ2n) is 9.50. The van der Waals surface area contributed by atoms with Crippen molar-refractivity contribution in [1.82, 2.24) is 0 Å². The van der Waals surface area contributed by atoms with Crippen LogP contribution in [0.25, 0.3) is 28.0 Å². The molecule has 0 saturated carbocycles. The Morgan fingerprint density at radius 2 is 1.82 bits per heavy atom.